The van der Waals surface area contributed by atoms with E-state index in [1.165, 1.54) is 11.1 Å². The van der Waals surface area contributed by atoms with Crippen LogP contribution in [0.25, 0.3) is 0 Å². The summed E-state index contributed by atoms with van der Waals surface area (Å²) in [7, 11) is 1.81. The number of hydrogen-bond donors (Lipinski definition) is 2. The maximum atomic E-state index is 11.9. The smallest absolute Gasteiger partial charge is 0.225 e. The van der Waals surface area contributed by atoms with Crippen molar-refractivity contribution >= 4 is 11.7 Å². The summed E-state index contributed by atoms with van der Waals surface area (Å²) in [6, 6.07) is 8.19. The van der Waals surface area contributed by atoms with Crippen LogP contribution in [-0.2, 0) is 24.8 Å². The minimum absolute atomic E-state index is 0.0418. The van der Waals surface area contributed by atoms with Gasteiger partial charge in [-0.2, -0.15) is 5.10 Å². The molecule has 0 fully saturated rings. The third kappa shape index (κ3) is 3.68. The molecule has 0 aliphatic carbocycles. The number of rotatable bonds is 5. The van der Waals surface area contributed by atoms with Crippen molar-refractivity contribution in [3.8, 4) is 0 Å². The fourth-order valence-corrected chi connectivity index (χ4v) is 2.11. The lowest BCUT2D eigenvalue weighted by atomic mass is 10.1. The van der Waals surface area contributed by atoms with Crippen LogP contribution in [0.2, 0.25) is 0 Å². The lowest BCUT2D eigenvalue weighted by molar-refractivity contribution is -0.116. The molecule has 20 heavy (non-hydrogen) atoms. The van der Waals surface area contributed by atoms with Gasteiger partial charge in [0.05, 0.1) is 0 Å². The van der Waals surface area contributed by atoms with Gasteiger partial charge in [-0.1, -0.05) is 29.8 Å². The van der Waals surface area contributed by atoms with E-state index in [0.29, 0.717) is 18.8 Å². The summed E-state index contributed by atoms with van der Waals surface area (Å²) in [5.74, 6) is 0.518. The molecule has 106 valence electrons. The molecule has 1 aromatic heterocycles. The Bertz CT molecular complexity index is 604. The molecule has 2 aromatic rings. The molecule has 5 heteroatoms. The van der Waals surface area contributed by atoms with E-state index in [1.54, 1.807) is 4.68 Å². The molecule has 0 saturated carbocycles. The molecule has 3 N–H and O–H groups in total. The number of nitrogens with zero attached hydrogens (tertiary/aromatic N) is 2. The largest absolute Gasteiger partial charge is 0.326 e. The highest BCUT2D eigenvalue weighted by molar-refractivity contribution is 5.90. The predicted octanol–water partition coefficient (Wildman–Crippen LogP) is 1.76. The Kier molecular flexibility index (Phi) is 4.53. The normalized spacial score (nSPS) is 10.6. The van der Waals surface area contributed by atoms with Crippen molar-refractivity contribution in [2.24, 2.45) is 12.8 Å². The van der Waals surface area contributed by atoms with Crippen molar-refractivity contribution in [1.82, 2.24) is 9.78 Å². The zero-order valence-corrected chi connectivity index (χ0v) is 11.9. The molecule has 1 heterocycles. The first-order valence-electron chi connectivity index (χ1n) is 6.66. The maximum Gasteiger partial charge on any atom is 0.225 e. The van der Waals surface area contributed by atoms with Gasteiger partial charge in [-0.25, -0.2) is 0 Å². The number of aromatic nitrogens is 2. The van der Waals surface area contributed by atoms with Gasteiger partial charge < -0.3 is 11.1 Å². The van der Waals surface area contributed by atoms with Crippen molar-refractivity contribution in [2.75, 3.05) is 5.32 Å². The van der Waals surface area contributed by atoms with Crippen LogP contribution in [-0.4, -0.2) is 15.7 Å². The Labute approximate surface area is 118 Å². The monoisotopic (exact) mass is 272 g/mol. The van der Waals surface area contributed by atoms with Crippen LogP contribution in [0.3, 0.4) is 0 Å². The highest BCUT2D eigenvalue weighted by atomic mass is 16.1. The first kappa shape index (κ1) is 14.3. The summed E-state index contributed by atoms with van der Waals surface area (Å²) in [4.78, 5) is 11.9. The van der Waals surface area contributed by atoms with Crippen LogP contribution < -0.4 is 11.1 Å². The quantitative estimate of drug-likeness (QED) is 0.871. The highest BCUT2D eigenvalue weighted by Gasteiger charge is 2.10. The predicted molar refractivity (Wildman–Crippen MR) is 79.2 cm³/mol. The SMILES string of the molecule is Cc1cccc(CCC(=O)Nc2nn(C)cc2CN)c1. The molecule has 0 aliphatic rings. The van der Waals surface area contributed by atoms with Crippen LogP contribution in [0.1, 0.15) is 23.1 Å². The van der Waals surface area contributed by atoms with Gasteiger partial charge in [0.25, 0.3) is 0 Å². The number of nitrogens with two attached hydrogens (primary N) is 1. The zero-order chi connectivity index (χ0) is 14.5. The Morgan fingerprint density at radius 3 is 2.95 bits per heavy atom. The van der Waals surface area contributed by atoms with Crippen LogP contribution in [0, 0.1) is 6.92 Å². The van der Waals surface area contributed by atoms with E-state index in [1.807, 2.05) is 38.4 Å². The van der Waals surface area contributed by atoms with Gasteiger partial charge in [0, 0.05) is 31.8 Å². The number of aryl methyl sites for hydroxylation is 3. The third-order valence-corrected chi connectivity index (χ3v) is 3.11. The van der Waals surface area contributed by atoms with Gasteiger partial charge in [0.15, 0.2) is 5.82 Å². The number of hydrogen-bond acceptors (Lipinski definition) is 3. The van der Waals surface area contributed by atoms with E-state index < -0.39 is 0 Å². The molecule has 0 radical (unpaired) electrons. The van der Waals surface area contributed by atoms with E-state index >= 15 is 0 Å². The standard InChI is InChI=1S/C15H20N4O/c1-11-4-3-5-12(8-11)6-7-14(20)17-15-13(9-16)10-19(2)18-15/h3-5,8,10H,6-7,9,16H2,1-2H3,(H,17,18,20). The molecule has 0 saturated heterocycles. The summed E-state index contributed by atoms with van der Waals surface area (Å²) < 4.78 is 1.65. The van der Waals surface area contributed by atoms with Gasteiger partial charge in [-0.3, -0.25) is 9.48 Å². The average Bonchev–Trinajstić information content (AvgIpc) is 2.76. The number of carbonyl (C=O) groups is 1. The fourth-order valence-electron chi connectivity index (χ4n) is 2.11. The number of nitrogens with one attached hydrogen (secondary N) is 1. The number of carbonyl (C=O) groups excluding carboxylic acids is 1. The van der Waals surface area contributed by atoms with Crippen LogP contribution in [0.15, 0.2) is 30.5 Å². The van der Waals surface area contributed by atoms with E-state index in [9.17, 15) is 4.79 Å². The summed E-state index contributed by atoms with van der Waals surface area (Å²) in [5.41, 5.74) is 8.83. The number of amides is 1. The number of anilines is 1. The minimum Gasteiger partial charge on any atom is -0.326 e. The second kappa shape index (κ2) is 6.34. The molecular formula is C15H20N4O. The second-order valence-corrected chi connectivity index (χ2v) is 4.92. The Morgan fingerprint density at radius 2 is 2.25 bits per heavy atom. The first-order valence-corrected chi connectivity index (χ1v) is 6.66. The fraction of sp³-hybridized carbons (Fsp3) is 0.333. The molecule has 0 aliphatic heterocycles. The average molecular weight is 272 g/mol. The van der Waals surface area contributed by atoms with Gasteiger partial charge in [0.2, 0.25) is 5.91 Å². The van der Waals surface area contributed by atoms with Crippen molar-refractivity contribution in [3.63, 3.8) is 0 Å². The van der Waals surface area contributed by atoms with Crippen molar-refractivity contribution in [2.45, 2.75) is 26.3 Å². The van der Waals surface area contributed by atoms with E-state index in [-0.39, 0.29) is 5.91 Å². The first-order chi connectivity index (χ1) is 9.58. The lowest BCUT2D eigenvalue weighted by Gasteiger charge is -2.05. The Balaban J connectivity index is 1.92. The van der Waals surface area contributed by atoms with Crippen molar-refractivity contribution in [1.29, 1.82) is 0 Å². The number of benzene rings is 1. The molecule has 0 unspecified atom stereocenters. The van der Waals surface area contributed by atoms with Gasteiger partial charge >= 0.3 is 0 Å². The minimum atomic E-state index is -0.0418. The Hall–Kier alpha value is -2.14. The van der Waals surface area contributed by atoms with Gasteiger partial charge in [-0.05, 0) is 18.9 Å². The topological polar surface area (TPSA) is 72.9 Å². The molecule has 0 bridgehead atoms. The van der Waals surface area contributed by atoms with Crippen LogP contribution in [0.5, 0.6) is 0 Å². The lowest BCUT2D eigenvalue weighted by Crippen LogP contribution is -2.14. The van der Waals surface area contributed by atoms with Gasteiger partial charge in [-0.15, -0.1) is 0 Å². The molecule has 5 nitrogen and oxygen atoms in total. The molecule has 2 rings (SSSR count). The molecule has 0 atom stereocenters. The second-order valence-electron chi connectivity index (χ2n) is 4.92. The van der Waals surface area contributed by atoms with Crippen LogP contribution in [0.4, 0.5) is 5.82 Å². The summed E-state index contributed by atoms with van der Waals surface area (Å²) in [5, 5.41) is 7.01. The summed E-state index contributed by atoms with van der Waals surface area (Å²) >= 11 is 0. The van der Waals surface area contributed by atoms with Crippen molar-refractivity contribution in [3.05, 3.63) is 47.2 Å². The van der Waals surface area contributed by atoms with Gasteiger partial charge in [0.1, 0.15) is 0 Å². The Morgan fingerprint density at radius 1 is 1.45 bits per heavy atom. The van der Waals surface area contributed by atoms with Crippen LogP contribution >= 0.6 is 0 Å². The van der Waals surface area contributed by atoms with Crippen molar-refractivity contribution < 1.29 is 4.79 Å². The summed E-state index contributed by atoms with van der Waals surface area (Å²) in [6.45, 7) is 2.41. The zero-order valence-electron chi connectivity index (χ0n) is 11.9. The van der Waals surface area contributed by atoms with E-state index in [2.05, 4.69) is 16.5 Å². The van der Waals surface area contributed by atoms with E-state index in [4.69, 9.17) is 5.73 Å². The summed E-state index contributed by atoms with van der Waals surface area (Å²) in [6.07, 6.45) is 2.97. The molecule has 0 spiro atoms. The molecule has 1 aromatic carbocycles. The van der Waals surface area contributed by atoms with E-state index in [0.717, 1.165) is 12.0 Å². The highest BCUT2D eigenvalue weighted by Crippen LogP contribution is 2.13. The molecular weight excluding hydrogens is 252 g/mol. The maximum absolute atomic E-state index is 11.9. The molecule has 1 amide bonds. The third-order valence-electron chi connectivity index (χ3n) is 3.11.